The minimum atomic E-state index is -0.0567. The fraction of sp³-hybridized carbons (Fsp3) is 0.818. The van der Waals surface area contributed by atoms with Gasteiger partial charge in [0, 0.05) is 20.3 Å². The predicted molar refractivity (Wildman–Crippen MR) is 72.4 cm³/mol. The zero-order valence-electron chi connectivity index (χ0n) is 11.4. The summed E-state index contributed by atoms with van der Waals surface area (Å²) in [5.74, 6) is 0.231. The highest BCUT2D eigenvalue weighted by Crippen LogP contribution is 2.18. The van der Waals surface area contributed by atoms with Gasteiger partial charge in [-0.3, -0.25) is 4.79 Å². The van der Waals surface area contributed by atoms with Gasteiger partial charge in [-0.2, -0.15) is 0 Å². The molecule has 0 radical (unpaired) electrons. The molecule has 2 heterocycles. The first-order valence-electron chi connectivity index (χ1n) is 6.56. The van der Waals surface area contributed by atoms with Crippen molar-refractivity contribution in [3.05, 3.63) is 0 Å². The Kier molecular flexibility index (Phi) is 6.22. The number of aromatic nitrogens is 4. The van der Waals surface area contributed by atoms with Crippen LogP contribution >= 0.6 is 11.8 Å². The summed E-state index contributed by atoms with van der Waals surface area (Å²) in [6.45, 7) is 2.46. The Balaban J connectivity index is 1.75. The van der Waals surface area contributed by atoms with Gasteiger partial charge in [0.1, 0.15) is 0 Å². The average Bonchev–Trinajstić information content (AvgIpc) is 3.09. The number of ether oxygens (including phenoxy) is 2. The van der Waals surface area contributed by atoms with E-state index in [1.165, 1.54) is 11.8 Å². The topological polar surface area (TPSA) is 91.2 Å². The molecule has 1 atom stereocenters. The van der Waals surface area contributed by atoms with Gasteiger partial charge in [0.2, 0.25) is 11.1 Å². The summed E-state index contributed by atoms with van der Waals surface area (Å²) in [7, 11) is 1.60. The molecule has 1 aromatic heterocycles. The van der Waals surface area contributed by atoms with Crippen molar-refractivity contribution in [1.82, 2.24) is 25.5 Å². The lowest BCUT2D eigenvalue weighted by Gasteiger charge is -2.09. The van der Waals surface area contributed by atoms with E-state index < -0.39 is 0 Å². The van der Waals surface area contributed by atoms with Crippen molar-refractivity contribution in [3.8, 4) is 0 Å². The standard InChI is InChI=1S/C11H19N5O3S/c1-18-6-4-12-10(17)8-20-11-13-14-15-16(11)7-9-3-2-5-19-9/h9H,2-8H2,1H3,(H,12,17)/t9-/m0/s1. The molecule has 0 spiro atoms. The fourth-order valence-electron chi connectivity index (χ4n) is 1.87. The Bertz CT molecular complexity index is 422. The van der Waals surface area contributed by atoms with Gasteiger partial charge in [-0.25, -0.2) is 4.68 Å². The van der Waals surface area contributed by atoms with Gasteiger partial charge in [0.05, 0.1) is 25.0 Å². The molecule has 0 unspecified atom stereocenters. The highest BCUT2D eigenvalue weighted by atomic mass is 32.2. The number of carbonyl (C=O) groups is 1. The molecular formula is C11H19N5O3S. The van der Waals surface area contributed by atoms with Crippen molar-refractivity contribution in [2.24, 2.45) is 0 Å². The Hall–Kier alpha value is -1.19. The van der Waals surface area contributed by atoms with Gasteiger partial charge in [-0.1, -0.05) is 11.8 Å². The number of rotatable bonds is 8. The summed E-state index contributed by atoms with van der Waals surface area (Å²) in [6.07, 6.45) is 2.28. The van der Waals surface area contributed by atoms with E-state index in [-0.39, 0.29) is 17.8 Å². The molecule has 1 N–H and O–H groups in total. The number of nitrogens with zero attached hydrogens (tertiary/aromatic N) is 4. The monoisotopic (exact) mass is 301 g/mol. The van der Waals surface area contributed by atoms with Crippen LogP contribution in [0.1, 0.15) is 12.8 Å². The fourth-order valence-corrected chi connectivity index (χ4v) is 2.59. The average molecular weight is 301 g/mol. The third kappa shape index (κ3) is 4.73. The summed E-state index contributed by atoms with van der Waals surface area (Å²) < 4.78 is 12.1. The van der Waals surface area contributed by atoms with Crippen molar-refractivity contribution in [2.45, 2.75) is 30.6 Å². The second-order valence-electron chi connectivity index (χ2n) is 4.41. The molecule has 9 heteroatoms. The quantitative estimate of drug-likeness (QED) is 0.521. The van der Waals surface area contributed by atoms with E-state index in [0.29, 0.717) is 24.9 Å². The summed E-state index contributed by atoms with van der Waals surface area (Å²) >= 11 is 1.32. The van der Waals surface area contributed by atoms with Gasteiger partial charge in [0.25, 0.3) is 0 Å². The molecule has 2 rings (SSSR count). The minimum absolute atomic E-state index is 0.0567. The summed E-state index contributed by atoms with van der Waals surface area (Å²) in [5.41, 5.74) is 0. The first-order chi connectivity index (χ1) is 9.79. The normalized spacial score (nSPS) is 18.4. The van der Waals surface area contributed by atoms with E-state index in [1.54, 1.807) is 11.8 Å². The number of hydrogen-bond acceptors (Lipinski definition) is 7. The molecule has 1 fully saturated rings. The minimum Gasteiger partial charge on any atom is -0.383 e. The molecule has 112 valence electrons. The molecule has 1 amide bonds. The lowest BCUT2D eigenvalue weighted by molar-refractivity contribution is -0.118. The maximum atomic E-state index is 11.6. The molecule has 8 nitrogen and oxygen atoms in total. The Labute approximate surface area is 121 Å². The van der Waals surface area contributed by atoms with Crippen LogP contribution in [0.2, 0.25) is 0 Å². The van der Waals surface area contributed by atoms with Crippen molar-refractivity contribution in [1.29, 1.82) is 0 Å². The first-order valence-corrected chi connectivity index (χ1v) is 7.54. The molecule has 20 heavy (non-hydrogen) atoms. The van der Waals surface area contributed by atoms with Gasteiger partial charge >= 0.3 is 0 Å². The molecular weight excluding hydrogens is 282 g/mol. The molecule has 1 saturated heterocycles. The van der Waals surface area contributed by atoms with E-state index in [9.17, 15) is 4.79 Å². The van der Waals surface area contributed by atoms with Crippen molar-refractivity contribution in [2.75, 3.05) is 32.6 Å². The number of amides is 1. The van der Waals surface area contributed by atoms with Gasteiger partial charge < -0.3 is 14.8 Å². The number of methoxy groups -OCH3 is 1. The Morgan fingerprint density at radius 1 is 1.65 bits per heavy atom. The van der Waals surface area contributed by atoms with Gasteiger partial charge in [-0.15, -0.1) is 5.10 Å². The van der Waals surface area contributed by atoms with Crippen LogP contribution in [0.3, 0.4) is 0 Å². The lowest BCUT2D eigenvalue weighted by atomic mass is 10.2. The Morgan fingerprint density at radius 3 is 3.30 bits per heavy atom. The number of tetrazole rings is 1. The van der Waals surface area contributed by atoms with Crippen LogP contribution in [-0.2, 0) is 20.8 Å². The van der Waals surface area contributed by atoms with E-state index in [2.05, 4.69) is 20.8 Å². The smallest absolute Gasteiger partial charge is 0.230 e. The largest absolute Gasteiger partial charge is 0.383 e. The van der Waals surface area contributed by atoms with Crippen molar-refractivity contribution < 1.29 is 14.3 Å². The van der Waals surface area contributed by atoms with Crippen molar-refractivity contribution >= 4 is 17.7 Å². The van der Waals surface area contributed by atoms with E-state index >= 15 is 0 Å². The number of nitrogens with one attached hydrogen (secondary N) is 1. The van der Waals surface area contributed by atoms with E-state index in [4.69, 9.17) is 9.47 Å². The third-order valence-corrected chi connectivity index (χ3v) is 3.82. The summed E-state index contributed by atoms with van der Waals surface area (Å²) in [4.78, 5) is 11.6. The molecule has 1 aromatic rings. The van der Waals surface area contributed by atoms with Crippen LogP contribution in [0.25, 0.3) is 0 Å². The maximum absolute atomic E-state index is 11.6. The molecule has 0 saturated carbocycles. The SMILES string of the molecule is COCCNC(=O)CSc1nnnn1C[C@@H]1CCCO1. The zero-order chi connectivity index (χ0) is 14.2. The molecule has 1 aliphatic rings. The Morgan fingerprint density at radius 2 is 2.55 bits per heavy atom. The molecule has 0 bridgehead atoms. The van der Waals surface area contributed by atoms with Crippen LogP contribution in [-0.4, -0.2) is 64.8 Å². The van der Waals surface area contributed by atoms with Crippen LogP contribution in [0, 0.1) is 0 Å². The second kappa shape index (κ2) is 8.18. The van der Waals surface area contributed by atoms with Crippen LogP contribution in [0.15, 0.2) is 5.16 Å². The van der Waals surface area contributed by atoms with Crippen LogP contribution in [0.5, 0.6) is 0 Å². The van der Waals surface area contributed by atoms with Crippen LogP contribution < -0.4 is 5.32 Å². The highest BCUT2D eigenvalue weighted by Gasteiger charge is 2.19. The van der Waals surface area contributed by atoms with E-state index in [0.717, 1.165) is 19.4 Å². The molecule has 0 aromatic carbocycles. The first kappa shape index (κ1) is 15.2. The number of thioether (sulfide) groups is 1. The maximum Gasteiger partial charge on any atom is 0.230 e. The third-order valence-electron chi connectivity index (χ3n) is 2.86. The molecule has 0 aliphatic carbocycles. The summed E-state index contributed by atoms with van der Waals surface area (Å²) in [5, 5.41) is 14.9. The second-order valence-corrected chi connectivity index (χ2v) is 5.35. The zero-order valence-corrected chi connectivity index (χ0v) is 12.3. The highest BCUT2D eigenvalue weighted by molar-refractivity contribution is 7.99. The lowest BCUT2D eigenvalue weighted by Crippen LogP contribution is -2.28. The van der Waals surface area contributed by atoms with Crippen molar-refractivity contribution in [3.63, 3.8) is 0 Å². The van der Waals surface area contributed by atoms with E-state index in [1.807, 2.05) is 0 Å². The van der Waals surface area contributed by atoms with Gasteiger partial charge in [-0.05, 0) is 23.3 Å². The number of carbonyl (C=O) groups excluding carboxylic acids is 1. The van der Waals surface area contributed by atoms with Gasteiger partial charge in [0.15, 0.2) is 0 Å². The molecule has 1 aliphatic heterocycles. The predicted octanol–water partition coefficient (Wildman–Crippen LogP) is -0.293. The summed E-state index contributed by atoms with van der Waals surface area (Å²) in [6, 6.07) is 0. The van der Waals surface area contributed by atoms with Crippen LogP contribution in [0.4, 0.5) is 0 Å². The number of hydrogen-bond donors (Lipinski definition) is 1.